The summed E-state index contributed by atoms with van der Waals surface area (Å²) in [4.78, 5) is 58.8. The molecule has 4 atom stereocenters. The summed E-state index contributed by atoms with van der Waals surface area (Å²) in [6.45, 7) is 1.02. The van der Waals surface area contributed by atoms with Crippen molar-refractivity contribution in [1.29, 1.82) is 0 Å². The molecule has 1 aliphatic heterocycles. The number of likely N-dealkylation sites (N-methyl/N-ethyl adjacent to an activating group) is 1. The molecule has 2 fully saturated rings. The van der Waals surface area contributed by atoms with Crippen molar-refractivity contribution in [2.45, 2.75) is 37.3 Å². The van der Waals surface area contributed by atoms with Gasteiger partial charge in [0, 0.05) is 21.6 Å². The molecule has 220 valence electrons. The summed E-state index contributed by atoms with van der Waals surface area (Å²) in [6, 6.07) is 0.407. The highest BCUT2D eigenvalue weighted by Crippen LogP contribution is 2.53. The summed E-state index contributed by atoms with van der Waals surface area (Å²) in [7, 11) is 3.09. The number of nitrogens with two attached hydrogens (primary N) is 1. The molecular formula is C27H31IN4O9. The van der Waals surface area contributed by atoms with E-state index in [0.717, 1.165) is 12.8 Å². The molecule has 0 radical (unpaired) electrons. The van der Waals surface area contributed by atoms with E-state index >= 15 is 0 Å². The van der Waals surface area contributed by atoms with E-state index in [1.165, 1.54) is 9.96 Å². The fourth-order valence-corrected chi connectivity index (χ4v) is 7.29. The molecule has 13 nitrogen and oxygen atoms in total. The van der Waals surface area contributed by atoms with Crippen molar-refractivity contribution in [2.75, 3.05) is 39.1 Å². The van der Waals surface area contributed by atoms with Crippen molar-refractivity contribution < 1.29 is 44.4 Å². The Morgan fingerprint density at radius 3 is 2.56 bits per heavy atom. The zero-order valence-corrected chi connectivity index (χ0v) is 24.6. The van der Waals surface area contributed by atoms with Crippen LogP contribution in [-0.2, 0) is 30.4 Å². The Morgan fingerprint density at radius 1 is 1.24 bits per heavy atom. The second-order valence-electron chi connectivity index (χ2n) is 11.0. The maximum Gasteiger partial charge on any atom is 0.255 e. The number of ketones is 2. The van der Waals surface area contributed by atoms with Gasteiger partial charge >= 0.3 is 0 Å². The lowest BCUT2D eigenvalue weighted by atomic mass is 9.57. The Labute approximate surface area is 248 Å². The number of phenols is 1. The SMILES string of the molecule is CN(C)[C@@H]1C(=O)C(C(N)=O)=C(O)[C@@]2(O)C(=O)C3=C(O)c4c(O)c(NC(=O)CN5CCCCO5)cc(I)c4CC3CC12. The number of Topliss-reactive ketones (excluding diaryl/α,β-unsaturated/α-hetero) is 2. The van der Waals surface area contributed by atoms with Crippen molar-refractivity contribution in [3.63, 3.8) is 0 Å². The molecule has 0 aromatic heterocycles. The Morgan fingerprint density at radius 2 is 1.95 bits per heavy atom. The van der Waals surface area contributed by atoms with E-state index < -0.39 is 69.7 Å². The van der Waals surface area contributed by atoms with Gasteiger partial charge in [0.2, 0.25) is 11.7 Å². The van der Waals surface area contributed by atoms with Gasteiger partial charge in [0.1, 0.15) is 29.4 Å². The van der Waals surface area contributed by atoms with E-state index in [4.69, 9.17) is 10.6 Å². The van der Waals surface area contributed by atoms with E-state index in [-0.39, 0.29) is 36.2 Å². The number of rotatable bonds is 5. The minimum Gasteiger partial charge on any atom is -0.508 e. The fourth-order valence-electron chi connectivity index (χ4n) is 6.48. The Balaban J connectivity index is 1.57. The number of amides is 2. The number of aliphatic hydroxyl groups is 3. The summed E-state index contributed by atoms with van der Waals surface area (Å²) in [5, 5.41) is 49.4. The Hall–Kier alpha value is -3.05. The molecule has 41 heavy (non-hydrogen) atoms. The number of phenolic OH excluding ortho intramolecular Hbond substituents is 1. The van der Waals surface area contributed by atoms with E-state index in [9.17, 15) is 39.6 Å². The van der Waals surface area contributed by atoms with Gasteiger partial charge in [-0.15, -0.1) is 0 Å². The van der Waals surface area contributed by atoms with Crippen LogP contribution >= 0.6 is 22.6 Å². The number of carbonyl (C=O) groups excluding carboxylic acids is 4. The molecule has 0 spiro atoms. The molecule has 2 amide bonds. The number of anilines is 1. The average Bonchev–Trinajstić information content (AvgIpc) is 2.89. The van der Waals surface area contributed by atoms with E-state index in [2.05, 4.69) is 5.32 Å². The quantitative estimate of drug-likeness (QED) is 0.144. The Bertz CT molecular complexity index is 1430. The predicted octanol–water partition coefficient (Wildman–Crippen LogP) is 0.535. The number of fused-ring (bicyclic) bond motifs is 3. The van der Waals surface area contributed by atoms with Crippen LogP contribution in [0.1, 0.15) is 30.4 Å². The van der Waals surface area contributed by atoms with Crippen molar-refractivity contribution in [1.82, 2.24) is 9.96 Å². The number of hydroxylamine groups is 2. The molecule has 1 saturated carbocycles. The number of primary amides is 1. The van der Waals surface area contributed by atoms with E-state index in [0.29, 0.717) is 22.3 Å². The van der Waals surface area contributed by atoms with Crippen LogP contribution in [0, 0.1) is 15.4 Å². The van der Waals surface area contributed by atoms with Gasteiger partial charge in [0.15, 0.2) is 11.4 Å². The van der Waals surface area contributed by atoms with Crippen molar-refractivity contribution in [3.8, 4) is 5.75 Å². The second-order valence-corrected chi connectivity index (χ2v) is 12.2. The first-order valence-electron chi connectivity index (χ1n) is 13.2. The molecule has 0 bridgehead atoms. The zero-order chi connectivity index (χ0) is 30.0. The molecular weight excluding hydrogens is 651 g/mol. The van der Waals surface area contributed by atoms with Gasteiger partial charge in [-0.05, 0) is 79.9 Å². The monoisotopic (exact) mass is 682 g/mol. The Kier molecular flexibility index (Phi) is 7.65. The summed E-state index contributed by atoms with van der Waals surface area (Å²) in [6.07, 6.45) is 1.94. The molecule has 5 rings (SSSR count). The molecule has 1 heterocycles. The first-order chi connectivity index (χ1) is 19.3. The maximum absolute atomic E-state index is 14.0. The standard InChI is InChI=1S/C27H31IN4O9/c1-31(2)20-13-8-11-7-12-14(28)9-15(30-16(33)10-32-5-3-4-6-41-32)21(34)18(12)22(35)17(11)24(37)27(13,40)25(38)19(23(20)36)26(29)39/h9,11,13,20,34-35,38,40H,3-8,10H2,1-2H3,(H2,29,39)(H,30,33)/t11?,13?,20-,27-/m0/s1. The fraction of sp³-hybridized carbons (Fsp3) is 0.481. The third kappa shape index (κ3) is 4.61. The van der Waals surface area contributed by atoms with Crippen molar-refractivity contribution in [3.05, 3.63) is 37.7 Å². The van der Waals surface area contributed by atoms with Crippen LogP contribution in [0.2, 0.25) is 0 Å². The third-order valence-electron chi connectivity index (χ3n) is 8.34. The van der Waals surface area contributed by atoms with Crippen LogP contribution in [0.25, 0.3) is 5.76 Å². The highest BCUT2D eigenvalue weighted by Gasteiger charge is 2.64. The van der Waals surface area contributed by atoms with Crippen molar-refractivity contribution in [2.24, 2.45) is 17.6 Å². The lowest BCUT2D eigenvalue weighted by Gasteiger charge is -2.50. The maximum atomic E-state index is 14.0. The highest BCUT2D eigenvalue weighted by atomic mass is 127. The van der Waals surface area contributed by atoms with Crippen LogP contribution < -0.4 is 11.1 Å². The number of carbonyl (C=O) groups is 4. The first-order valence-corrected chi connectivity index (χ1v) is 14.2. The van der Waals surface area contributed by atoms with Crippen LogP contribution in [0.15, 0.2) is 23.0 Å². The lowest BCUT2D eigenvalue weighted by molar-refractivity contribution is -0.182. The van der Waals surface area contributed by atoms with Gasteiger partial charge in [-0.1, -0.05) is 0 Å². The van der Waals surface area contributed by atoms with Gasteiger partial charge in [-0.2, -0.15) is 5.06 Å². The van der Waals surface area contributed by atoms with E-state index in [1.54, 1.807) is 20.2 Å². The molecule has 4 aliphatic rings. The summed E-state index contributed by atoms with van der Waals surface area (Å²) in [5.74, 6) is -7.72. The normalized spacial score (nSPS) is 28.4. The van der Waals surface area contributed by atoms with Gasteiger partial charge in [-0.3, -0.25) is 28.9 Å². The first kappa shape index (κ1) is 29.4. The molecule has 14 heteroatoms. The lowest BCUT2D eigenvalue weighted by Crippen LogP contribution is -2.65. The number of hydrogen-bond donors (Lipinski definition) is 6. The van der Waals surface area contributed by atoms with E-state index in [1.807, 2.05) is 22.6 Å². The third-order valence-corrected chi connectivity index (χ3v) is 9.30. The molecule has 7 N–H and O–H groups in total. The van der Waals surface area contributed by atoms with Crippen LogP contribution in [0.3, 0.4) is 0 Å². The van der Waals surface area contributed by atoms with Gasteiger partial charge < -0.3 is 31.5 Å². The highest BCUT2D eigenvalue weighted by molar-refractivity contribution is 14.1. The number of aliphatic hydroxyl groups excluding tert-OH is 2. The number of halogens is 1. The molecule has 1 aromatic carbocycles. The summed E-state index contributed by atoms with van der Waals surface area (Å²) >= 11 is 2.01. The number of nitrogens with one attached hydrogen (secondary N) is 1. The van der Waals surface area contributed by atoms with Crippen LogP contribution in [0.4, 0.5) is 5.69 Å². The topological polar surface area (TPSA) is 203 Å². The second kappa shape index (κ2) is 10.7. The molecule has 2 unspecified atom stereocenters. The number of aromatic hydroxyl groups is 1. The van der Waals surface area contributed by atoms with Gasteiger partial charge in [0.05, 0.1) is 23.9 Å². The smallest absolute Gasteiger partial charge is 0.255 e. The predicted molar refractivity (Wildman–Crippen MR) is 152 cm³/mol. The summed E-state index contributed by atoms with van der Waals surface area (Å²) < 4.78 is 0.599. The largest absolute Gasteiger partial charge is 0.508 e. The minimum atomic E-state index is -2.71. The van der Waals surface area contributed by atoms with Gasteiger partial charge in [0.25, 0.3) is 5.91 Å². The minimum absolute atomic E-state index is 0.00305. The number of nitrogens with zero attached hydrogens (tertiary/aromatic N) is 2. The molecule has 1 aromatic rings. The zero-order valence-electron chi connectivity index (χ0n) is 22.4. The van der Waals surface area contributed by atoms with Crippen LogP contribution in [-0.4, -0.2) is 99.2 Å². The summed E-state index contributed by atoms with van der Waals surface area (Å²) in [5.41, 5.74) is 1.96. The number of hydrogen-bond acceptors (Lipinski definition) is 11. The van der Waals surface area contributed by atoms with Crippen molar-refractivity contribution >= 4 is 57.4 Å². The number of benzene rings is 1. The van der Waals surface area contributed by atoms with Gasteiger partial charge in [-0.25, -0.2) is 0 Å². The average molecular weight is 682 g/mol. The van der Waals surface area contributed by atoms with Crippen LogP contribution in [0.5, 0.6) is 5.75 Å². The molecule has 1 saturated heterocycles. The molecule has 3 aliphatic carbocycles.